The zero-order chi connectivity index (χ0) is 33.2. The first-order chi connectivity index (χ1) is 21.8. The topological polar surface area (TPSA) is 111 Å². The van der Waals surface area contributed by atoms with Crippen molar-refractivity contribution in [2.24, 2.45) is 4.99 Å². The molecule has 2 heterocycles. The number of halogens is 5. The fourth-order valence-electron chi connectivity index (χ4n) is 4.40. The number of aliphatic imine (C=N–C) groups is 1. The van der Waals surface area contributed by atoms with Crippen LogP contribution in [-0.2, 0) is 4.79 Å². The highest BCUT2D eigenvalue weighted by Gasteiger charge is 2.33. The minimum Gasteiger partial charge on any atom is -0.470 e. The molecule has 5 rings (SSSR count). The van der Waals surface area contributed by atoms with Gasteiger partial charge in [-0.2, -0.15) is 4.99 Å². The van der Waals surface area contributed by atoms with Gasteiger partial charge in [0, 0.05) is 5.56 Å². The highest BCUT2D eigenvalue weighted by atomic mass is 32.2. The molecule has 10 nitrogen and oxygen atoms in total. The number of amidine groups is 1. The molecule has 4 aromatic rings. The summed E-state index contributed by atoms with van der Waals surface area (Å²) >= 11 is 1.06. The average Bonchev–Trinajstić information content (AvgIpc) is 3.62. The molecular weight excluding hydrogens is 635 g/mol. The molecule has 1 fully saturated rings. The van der Waals surface area contributed by atoms with Gasteiger partial charge in [0.25, 0.3) is 0 Å². The van der Waals surface area contributed by atoms with E-state index in [1.807, 2.05) is 13.8 Å². The van der Waals surface area contributed by atoms with Gasteiger partial charge in [0.15, 0.2) is 29.3 Å². The van der Waals surface area contributed by atoms with E-state index in [4.69, 9.17) is 4.74 Å². The van der Waals surface area contributed by atoms with Crippen molar-refractivity contribution in [3.8, 4) is 28.6 Å². The van der Waals surface area contributed by atoms with Crippen molar-refractivity contribution in [1.29, 1.82) is 0 Å². The molecule has 0 aliphatic carbocycles. The molecule has 1 saturated heterocycles. The molecule has 16 heteroatoms. The van der Waals surface area contributed by atoms with Gasteiger partial charge in [-0.1, -0.05) is 25.6 Å². The number of amides is 3. The molecule has 0 radical (unpaired) electrons. The van der Waals surface area contributed by atoms with E-state index in [1.165, 1.54) is 46.2 Å². The van der Waals surface area contributed by atoms with Gasteiger partial charge in [-0.25, -0.2) is 23.2 Å². The van der Waals surface area contributed by atoms with Gasteiger partial charge in [0.2, 0.25) is 5.91 Å². The van der Waals surface area contributed by atoms with Crippen LogP contribution in [0.25, 0.3) is 17.1 Å². The van der Waals surface area contributed by atoms with Crippen molar-refractivity contribution in [2.45, 2.75) is 33.1 Å². The maximum atomic E-state index is 14.8. The summed E-state index contributed by atoms with van der Waals surface area (Å²) in [6, 6.07) is 10.9. The number of alkyl halides is 3. The van der Waals surface area contributed by atoms with E-state index < -0.39 is 36.5 Å². The van der Waals surface area contributed by atoms with E-state index in [1.54, 1.807) is 13.0 Å². The van der Waals surface area contributed by atoms with Crippen LogP contribution in [0.2, 0.25) is 0 Å². The molecule has 0 saturated carbocycles. The Bertz CT molecular complexity index is 1810. The van der Waals surface area contributed by atoms with E-state index >= 15 is 0 Å². The number of aromatic nitrogens is 3. The number of carbonyl (C=O) groups excluding carboxylic acids is 2. The lowest BCUT2D eigenvalue weighted by Crippen LogP contribution is -2.33. The fraction of sp³-hybridized carbons (Fsp3) is 0.233. The maximum Gasteiger partial charge on any atom is 0.573 e. The van der Waals surface area contributed by atoms with Crippen molar-refractivity contribution in [3.05, 3.63) is 83.7 Å². The molecule has 1 aliphatic heterocycles. The number of carbonyl (C=O) groups is 2. The second-order valence-electron chi connectivity index (χ2n) is 10.2. The predicted octanol–water partition coefficient (Wildman–Crippen LogP) is 6.72. The van der Waals surface area contributed by atoms with Crippen molar-refractivity contribution >= 4 is 34.6 Å². The molecular formula is C30H25F5N6O4S. The first-order valence-electron chi connectivity index (χ1n) is 13.6. The summed E-state index contributed by atoms with van der Waals surface area (Å²) in [5, 5.41) is 6.73. The van der Waals surface area contributed by atoms with E-state index in [-0.39, 0.29) is 39.9 Å². The first-order valence-corrected chi connectivity index (χ1v) is 14.6. The zero-order valence-corrected chi connectivity index (χ0v) is 25.2. The lowest BCUT2D eigenvalue weighted by atomic mass is 9.98. The number of thioether (sulfide) groups is 1. The Kier molecular flexibility index (Phi) is 9.27. The summed E-state index contributed by atoms with van der Waals surface area (Å²) in [6.07, 6.45) is -3.50. The van der Waals surface area contributed by atoms with Crippen LogP contribution in [0.4, 0.5) is 32.4 Å². The number of benzene rings is 3. The number of hydrogen-bond acceptors (Lipinski definition) is 7. The number of ether oxygens (including phenoxy) is 2. The van der Waals surface area contributed by atoms with E-state index in [0.717, 1.165) is 30.0 Å². The van der Waals surface area contributed by atoms with Crippen molar-refractivity contribution in [3.63, 3.8) is 0 Å². The van der Waals surface area contributed by atoms with Gasteiger partial charge in [0.05, 0.1) is 17.1 Å². The van der Waals surface area contributed by atoms with Gasteiger partial charge < -0.3 is 14.8 Å². The van der Waals surface area contributed by atoms with Crippen LogP contribution in [0, 0.1) is 18.6 Å². The number of nitrogens with zero attached hydrogens (tertiary/aromatic N) is 5. The Labute approximate surface area is 263 Å². The second kappa shape index (κ2) is 13.2. The van der Waals surface area contributed by atoms with Crippen molar-refractivity contribution in [2.75, 3.05) is 17.4 Å². The number of anilines is 1. The van der Waals surface area contributed by atoms with Crippen LogP contribution < -0.4 is 19.7 Å². The molecule has 1 N–H and O–H groups in total. The monoisotopic (exact) mass is 660 g/mol. The lowest BCUT2D eigenvalue weighted by Gasteiger charge is -2.22. The SMILES string of the molecule is Cc1cc(N2C(=O)CSC2=NC(=O)NCOc2ccc(-c3ncn(-c4ccc(OC(F)(F)F)cc4)n3)cc2F)c(C(C)C)cc1F. The maximum absolute atomic E-state index is 14.8. The Hall–Kier alpha value is -4.99. The largest absolute Gasteiger partial charge is 0.573 e. The molecule has 3 aromatic carbocycles. The lowest BCUT2D eigenvalue weighted by molar-refractivity contribution is -0.274. The van der Waals surface area contributed by atoms with Gasteiger partial charge in [-0.15, -0.1) is 18.3 Å². The van der Waals surface area contributed by atoms with Crippen LogP contribution >= 0.6 is 11.8 Å². The standard InChI is InChI=1S/C30H25F5N6O4S/c1-16(2)21-12-22(31)17(3)10-24(21)41-26(42)13-46-29(41)38-28(43)37-15-44-25-9-4-18(11-23(25)32)27-36-14-40(39-27)19-5-7-20(8-6-19)45-30(33,34)35/h4-12,14,16H,13,15H2,1-3H3,(H,37,43). The molecule has 0 spiro atoms. The number of hydrogen-bond donors (Lipinski definition) is 1. The summed E-state index contributed by atoms with van der Waals surface area (Å²) in [5.41, 5.74) is 2.05. The highest BCUT2D eigenvalue weighted by Crippen LogP contribution is 2.35. The second-order valence-corrected chi connectivity index (χ2v) is 11.1. The number of urea groups is 1. The Morgan fingerprint density at radius 3 is 2.50 bits per heavy atom. The van der Waals surface area contributed by atoms with E-state index in [0.29, 0.717) is 22.5 Å². The molecule has 240 valence electrons. The van der Waals surface area contributed by atoms with Gasteiger partial charge >= 0.3 is 12.4 Å². The molecule has 0 atom stereocenters. The molecule has 1 aromatic heterocycles. The van der Waals surface area contributed by atoms with Gasteiger partial charge in [0.1, 0.15) is 17.9 Å². The number of nitrogens with one attached hydrogen (secondary N) is 1. The van der Waals surface area contributed by atoms with Gasteiger partial charge in [-0.3, -0.25) is 9.69 Å². The summed E-state index contributed by atoms with van der Waals surface area (Å²) in [5.74, 6) is -2.00. The number of aryl methyl sites for hydroxylation is 1. The molecule has 46 heavy (non-hydrogen) atoms. The minimum atomic E-state index is -4.82. The van der Waals surface area contributed by atoms with Crippen LogP contribution in [0.1, 0.15) is 30.9 Å². The summed E-state index contributed by atoms with van der Waals surface area (Å²) in [6.45, 7) is 4.85. The third-order valence-electron chi connectivity index (χ3n) is 6.60. The Morgan fingerprint density at radius 1 is 1.09 bits per heavy atom. The zero-order valence-electron chi connectivity index (χ0n) is 24.4. The number of rotatable bonds is 8. The molecule has 1 aliphatic rings. The summed E-state index contributed by atoms with van der Waals surface area (Å²) in [7, 11) is 0. The first kappa shape index (κ1) is 32.4. The molecule has 3 amide bonds. The van der Waals surface area contributed by atoms with Crippen LogP contribution in [-0.4, -0.2) is 50.7 Å². The average molecular weight is 661 g/mol. The van der Waals surface area contributed by atoms with Crippen LogP contribution in [0.5, 0.6) is 11.5 Å². The van der Waals surface area contributed by atoms with E-state index in [9.17, 15) is 31.5 Å². The summed E-state index contributed by atoms with van der Waals surface area (Å²) < 4.78 is 76.8. The third kappa shape index (κ3) is 7.44. The fourth-order valence-corrected chi connectivity index (χ4v) is 5.26. The quantitative estimate of drug-likeness (QED) is 0.165. The third-order valence-corrected chi connectivity index (χ3v) is 7.52. The van der Waals surface area contributed by atoms with E-state index in [2.05, 4.69) is 25.1 Å². The Balaban J connectivity index is 1.21. The highest BCUT2D eigenvalue weighted by molar-refractivity contribution is 8.15. The molecule has 0 bridgehead atoms. The smallest absolute Gasteiger partial charge is 0.470 e. The predicted molar refractivity (Wildman–Crippen MR) is 160 cm³/mol. The van der Waals surface area contributed by atoms with Crippen molar-refractivity contribution < 1.29 is 41.0 Å². The van der Waals surface area contributed by atoms with Gasteiger partial charge in [-0.05, 0) is 78.6 Å². The molecule has 0 unspecified atom stereocenters. The normalized spacial score (nSPS) is 14.3. The van der Waals surface area contributed by atoms with Crippen LogP contribution in [0.3, 0.4) is 0 Å². The van der Waals surface area contributed by atoms with Crippen LogP contribution in [0.15, 0.2) is 65.9 Å². The minimum absolute atomic E-state index is 0.0461. The van der Waals surface area contributed by atoms with Crippen molar-refractivity contribution in [1.82, 2.24) is 20.1 Å². The Morgan fingerprint density at radius 2 is 1.83 bits per heavy atom. The summed E-state index contributed by atoms with van der Waals surface area (Å²) in [4.78, 5) is 34.7.